The number of aliphatic hydroxyl groups is 1. The van der Waals surface area contributed by atoms with E-state index in [1.165, 1.54) is 5.56 Å². The predicted octanol–water partition coefficient (Wildman–Crippen LogP) is 4.02. The summed E-state index contributed by atoms with van der Waals surface area (Å²) in [5, 5.41) is 20.0. The van der Waals surface area contributed by atoms with Crippen LogP contribution in [0.1, 0.15) is 56.9 Å². The van der Waals surface area contributed by atoms with Gasteiger partial charge in [-0.1, -0.05) is 43.7 Å². The molecule has 1 aliphatic rings. The third kappa shape index (κ3) is 3.16. The van der Waals surface area contributed by atoms with E-state index in [4.69, 9.17) is 0 Å². The van der Waals surface area contributed by atoms with E-state index in [0.717, 1.165) is 38.5 Å². The lowest BCUT2D eigenvalue weighted by atomic mass is 9.70. The SMILES string of the molecule is CCCC(C#N)C1(O)CCC(c2ccccc2)CC1. The summed E-state index contributed by atoms with van der Waals surface area (Å²) in [5.74, 6) is 0.344. The molecule has 19 heavy (non-hydrogen) atoms. The number of nitriles is 1. The second-order valence-electron chi connectivity index (χ2n) is 5.76. The Kier molecular flexibility index (Phi) is 4.61. The molecule has 0 bridgehead atoms. The van der Waals surface area contributed by atoms with Gasteiger partial charge < -0.3 is 5.11 Å². The molecule has 0 radical (unpaired) electrons. The summed E-state index contributed by atoms with van der Waals surface area (Å²) in [6.45, 7) is 2.07. The Bertz CT molecular complexity index is 426. The van der Waals surface area contributed by atoms with Crippen molar-refractivity contribution < 1.29 is 5.11 Å². The van der Waals surface area contributed by atoms with E-state index >= 15 is 0 Å². The third-order valence-corrected chi connectivity index (χ3v) is 4.50. The van der Waals surface area contributed by atoms with Crippen LogP contribution < -0.4 is 0 Å². The van der Waals surface area contributed by atoms with Crippen molar-refractivity contribution >= 4 is 0 Å². The van der Waals surface area contributed by atoms with Gasteiger partial charge in [-0.05, 0) is 43.6 Å². The van der Waals surface area contributed by atoms with Gasteiger partial charge in [0.1, 0.15) is 0 Å². The molecule has 1 aromatic carbocycles. The fourth-order valence-electron chi connectivity index (χ4n) is 3.27. The van der Waals surface area contributed by atoms with Gasteiger partial charge in [0.05, 0.1) is 17.6 Å². The lowest BCUT2D eigenvalue weighted by Gasteiger charge is -2.39. The summed E-state index contributed by atoms with van der Waals surface area (Å²) in [6.07, 6.45) is 5.26. The van der Waals surface area contributed by atoms with Gasteiger partial charge in [0.25, 0.3) is 0 Å². The zero-order valence-corrected chi connectivity index (χ0v) is 11.7. The van der Waals surface area contributed by atoms with E-state index < -0.39 is 5.60 Å². The minimum Gasteiger partial charge on any atom is -0.389 e. The molecule has 0 saturated heterocycles. The molecule has 1 fully saturated rings. The highest BCUT2D eigenvalue weighted by atomic mass is 16.3. The summed E-state index contributed by atoms with van der Waals surface area (Å²) in [7, 11) is 0. The Balaban J connectivity index is 2.00. The average molecular weight is 257 g/mol. The van der Waals surface area contributed by atoms with E-state index in [0.29, 0.717) is 5.92 Å². The molecule has 1 aliphatic carbocycles. The van der Waals surface area contributed by atoms with Gasteiger partial charge in [0.2, 0.25) is 0 Å². The normalized spacial score (nSPS) is 28.6. The second kappa shape index (κ2) is 6.21. The standard InChI is InChI=1S/C17H23NO/c1-2-6-16(13-18)17(19)11-9-15(10-12-17)14-7-4-3-5-8-14/h3-5,7-8,15-16,19H,2,6,9-12H2,1H3. The van der Waals surface area contributed by atoms with Gasteiger partial charge in [-0.2, -0.15) is 5.26 Å². The zero-order chi connectivity index (χ0) is 13.7. The molecular formula is C17H23NO. The first-order valence-corrected chi connectivity index (χ1v) is 7.36. The lowest BCUT2D eigenvalue weighted by molar-refractivity contribution is -0.0372. The minimum absolute atomic E-state index is 0.200. The molecule has 1 saturated carbocycles. The van der Waals surface area contributed by atoms with Crippen molar-refractivity contribution in [3.05, 3.63) is 35.9 Å². The zero-order valence-electron chi connectivity index (χ0n) is 11.7. The van der Waals surface area contributed by atoms with Crippen molar-refractivity contribution in [3.63, 3.8) is 0 Å². The Hall–Kier alpha value is -1.33. The van der Waals surface area contributed by atoms with Crippen LogP contribution in [0.2, 0.25) is 0 Å². The topological polar surface area (TPSA) is 44.0 Å². The van der Waals surface area contributed by atoms with Gasteiger partial charge >= 0.3 is 0 Å². The molecule has 0 aliphatic heterocycles. The third-order valence-electron chi connectivity index (χ3n) is 4.50. The van der Waals surface area contributed by atoms with Crippen LogP contribution in [0.5, 0.6) is 0 Å². The number of rotatable bonds is 4. The van der Waals surface area contributed by atoms with Gasteiger partial charge in [0.15, 0.2) is 0 Å². The summed E-state index contributed by atoms with van der Waals surface area (Å²) in [6, 6.07) is 12.8. The van der Waals surface area contributed by atoms with Gasteiger partial charge in [0, 0.05) is 0 Å². The van der Waals surface area contributed by atoms with E-state index in [1.807, 2.05) is 6.07 Å². The van der Waals surface area contributed by atoms with Crippen molar-refractivity contribution in [2.24, 2.45) is 5.92 Å². The van der Waals surface area contributed by atoms with E-state index in [9.17, 15) is 10.4 Å². The highest BCUT2D eigenvalue weighted by Crippen LogP contribution is 2.42. The largest absolute Gasteiger partial charge is 0.389 e. The maximum Gasteiger partial charge on any atom is 0.0805 e. The summed E-state index contributed by atoms with van der Waals surface area (Å²) in [5.41, 5.74) is 0.615. The monoisotopic (exact) mass is 257 g/mol. The molecule has 1 aromatic rings. The van der Waals surface area contributed by atoms with E-state index in [1.54, 1.807) is 0 Å². The van der Waals surface area contributed by atoms with Crippen LogP contribution in [0.15, 0.2) is 30.3 Å². The van der Waals surface area contributed by atoms with Crippen molar-refractivity contribution in [2.75, 3.05) is 0 Å². The lowest BCUT2D eigenvalue weighted by Crippen LogP contribution is -2.40. The second-order valence-corrected chi connectivity index (χ2v) is 5.76. The number of nitrogens with zero attached hydrogens (tertiary/aromatic N) is 1. The molecule has 0 heterocycles. The maximum absolute atomic E-state index is 10.7. The molecular weight excluding hydrogens is 234 g/mol. The molecule has 2 nitrogen and oxygen atoms in total. The van der Waals surface area contributed by atoms with Crippen molar-refractivity contribution in [2.45, 2.75) is 57.0 Å². The molecule has 1 atom stereocenters. The first kappa shape index (κ1) is 14.1. The van der Waals surface area contributed by atoms with Crippen LogP contribution >= 0.6 is 0 Å². The van der Waals surface area contributed by atoms with Crippen LogP contribution in [0, 0.1) is 17.2 Å². The maximum atomic E-state index is 10.7. The quantitative estimate of drug-likeness (QED) is 0.885. The molecule has 0 spiro atoms. The fourth-order valence-corrected chi connectivity index (χ4v) is 3.27. The summed E-state index contributed by atoms with van der Waals surface area (Å²) >= 11 is 0. The van der Waals surface area contributed by atoms with Crippen LogP contribution in [0.3, 0.4) is 0 Å². The average Bonchev–Trinajstić information content (AvgIpc) is 2.46. The minimum atomic E-state index is -0.754. The number of benzene rings is 1. The highest BCUT2D eigenvalue weighted by molar-refractivity contribution is 5.20. The first-order valence-electron chi connectivity index (χ1n) is 7.36. The molecule has 0 amide bonds. The summed E-state index contributed by atoms with van der Waals surface area (Å²) in [4.78, 5) is 0. The fraction of sp³-hybridized carbons (Fsp3) is 0.588. The molecule has 2 heteroatoms. The van der Waals surface area contributed by atoms with E-state index in [2.05, 4.69) is 37.3 Å². The first-order chi connectivity index (χ1) is 9.19. The van der Waals surface area contributed by atoms with Crippen LogP contribution in [0.4, 0.5) is 0 Å². The Labute approximate surface area is 116 Å². The van der Waals surface area contributed by atoms with Crippen molar-refractivity contribution in [1.82, 2.24) is 0 Å². The van der Waals surface area contributed by atoms with Crippen LogP contribution in [0.25, 0.3) is 0 Å². The van der Waals surface area contributed by atoms with Gasteiger partial charge in [-0.15, -0.1) is 0 Å². The molecule has 102 valence electrons. The molecule has 2 rings (SSSR count). The van der Waals surface area contributed by atoms with Crippen LogP contribution in [-0.4, -0.2) is 10.7 Å². The van der Waals surface area contributed by atoms with E-state index in [-0.39, 0.29) is 5.92 Å². The Morgan fingerprint density at radius 1 is 1.32 bits per heavy atom. The van der Waals surface area contributed by atoms with Gasteiger partial charge in [-0.25, -0.2) is 0 Å². The van der Waals surface area contributed by atoms with Crippen molar-refractivity contribution in [1.29, 1.82) is 5.26 Å². The summed E-state index contributed by atoms with van der Waals surface area (Å²) < 4.78 is 0. The molecule has 1 N–H and O–H groups in total. The van der Waals surface area contributed by atoms with Gasteiger partial charge in [-0.3, -0.25) is 0 Å². The number of hydrogen-bond donors (Lipinski definition) is 1. The predicted molar refractivity (Wildman–Crippen MR) is 76.6 cm³/mol. The molecule has 1 unspecified atom stereocenters. The van der Waals surface area contributed by atoms with Crippen molar-refractivity contribution in [3.8, 4) is 6.07 Å². The number of hydrogen-bond acceptors (Lipinski definition) is 2. The molecule has 0 aromatic heterocycles. The highest BCUT2D eigenvalue weighted by Gasteiger charge is 2.40. The Morgan fingerprint density at radius 2 is 1.95 bits per heavy atom. The Morgan fingerprint density at radius 3 is 2.47 bits per heavy atom. The van der Waals surface area contributed by atoms with Crippen LogP contribution in [-0.2, 0) is 0 Å². The smallest absolute Gasteiger partial charge is 0.0805 e.